The second kappa shape index (κ2) is 5.17. The van der Waals surface area contributed by atoms with E-state index in [0.717, 1.165) is 19.3 Å². The zero-order valence-electron chi connectivity index (χ0n) is 11.0. The summed E-state index contributed by atoms with van der Waals surface area (Å²) in [4.78, 5) is 11.4. The average Bonchev–Trinajstić information content (AvgIpc) is 2.17. The highest BCUT2D eigenvalue weighted by Crippen LogP contribution is 2.42. The summed E-state index contributed by atoms with van der Waals surface area (Å²) < 4.78 is 5.43. The molecule has 16 heavy (non-hydrogen) atoms. The number of hydrogen-bond acceptors (Lipinski definition) is 3. The maximum Gasteiger partial charge on any atom is 0.322 e. The lowest BCUT2D eigenvalue weighted by molar-refractivity contribution is -0.154. The number of hydrogen-bond donors (Lipinski definition) is 1. The Labute approximate surface area is 98.7 Å². The Hall–Kier alpha value is -0.570. The van der Waals surface area contributed by atoms with Crippen LogP contribution in [0.25, 0.3) is 0 Å². The molecule has 0 aromatic heterocycles. The monoisotopic (exact) mass is 227 g/mol. The summed E-state index contributed by atoms with van der Waals surface area (Å²) in [6, 6.07) is -0.507. The van der Waals surface area contributed by atoms with Crippen molar-refractivity contribution in [2.45, 2.75) is 65.5 Å². The fourth-order valence-corrected chi connectivity index (χ4v) is 2.35. The number of ether oxygens (including phenoxy) is 1. The molecular weight excluding hydrogens is 202 g/mol. The SMILES string of the molecule is CC(C)C1(C)CCCC(OC(=O)[C@@H](C)N)C1. The van der Waals surface area contributed by atoms with Gasteiger partial charge in [0.05, 0.1) is 0 Å². The first-order valence-corrected chi connectivity index (χ1v) is 6.31. The van der Waals surface area contributed by atoms with Crippen LogP contribution in [0.2, 0.25) is 0 Å². The Balaban J connectivity index is 2.54. The van der Waals surface area contributed by atoms with E-state index in [-0.39, 0.29) is 12.1 Å². The van der Waals surface area contributed by atoms with E-state index in [1.54, 1.807) is 6.92 Å². The van der Waals surface area contributed by atoms with Crippen LogP contribution >= 0.6 is 0 Å². The number of carbonyl (C=O) groups is 1. The Kier molecular flexibility index (Phi) is 4.36. The highest BCUT2D eigenvalue weighted by Gasteiger charge is 2.36. The van der Waals surface area contributed by atoms with Gasteiger partial charge in [-0.3, -0.25) is 4.79 Å². The summed E-state index contributed by atoms with van der Waals surface area (Å²) in [5, 5.41) is 0. The van der Waals surface area contributed by atoms with Gasteiger partial charge in [-0.2, -0.15) is 0 Å². The quantitative estimate of drug-likeness (QED) is 0.754. The average molecular weight is 227 g/mol. The van der Waals surface area contributed by atoms with Crippen LogP contribution in [0.1, 0.15) is 53.4 Å². The van der Waals surface area contributed by atoms with Crippen molar-refractivity contribution in [2.75, 3.05) is 0 Å². The maximum absolute atomic E-state index is 11.4. The van der Waals surface area contributed by atoms with Gasteiger partial charge in [-0.25, -0.2) is 0 Å². The zero-order valence-corrected chi connectivity index (χ0v) is 11.0. The van der Waals surface area contributed by atoms with E-state index in [2.05, 4.69) is 20.8 Å². The Morgan fingerprint density at radius 1 is 1.44 bits per heavy atom. The molecule has 1 aliphatic carbocycles. The Morgan fingerprint density at radius 2 is 2.06 bits per heavy atom. The van der Waals surface area contributed by atoms with Gasteiger partial charge < -0.3 is 10.5 Å². The van der Waals surface area contributed by atoms with Gasteiger partial charge in [0.25, 0.3) is 0 Å². The summed E-state index contributed by atoms with van der Waals surface area (Å²) in [6.07, 6.45) is 4.41. The standard InChI is InChI=1S/C13H25NO2/c1-9(2)13(4)7-5-6-11(8-13)16-12(15)10(3)14/h9-11H,5-8,14H2,1-4H3/t10-,11?,13?/m1/s1. The number of rotatable bonds is 3. The topological polar surface area (TPSA) is 52.3 Å². The number of carbonyl (C=O) groups excluding carboxylic acids is 1. The van der Waals surface area contributed by atoms with Crippen molar-refractivity contribution in [1.29, 1.82) is 0 Å². The molecule has 0 aliphatic heterocycles. The van der Waals surface area contributed by atoms with Crippen LogP contribution in [-0.4, -0.2) is 18.1 Å². The predicted molar refractivity (Wildman–Crippen MR) is 64.9 cm³/mol. The van der Waals surface area contributed by atoms with Crippen molar-refractivity contribution in [3.63, 3.8) is 0 Å². The molecule has 3 heteroatoms. The van der Waals surface area contributed by atoms with Crippen molar-refractivity contribution in [3.05, 3.63) is 0 Å². The van der Waals surface area contributed by atoms with Gasteiger partial charge in [0.1, 0.15) is 12.1 Å². The van der Waals surface area contributed by atoms with E-state index >= 15 is 0 Å². The lowest BCUT2D eigenvalue weighted by atomic mass is 9.67. The molecule has 3 nitrogen and oxygen atoms in total. The number of nitrogens with two attached hydrogens (primary N) is 1. The smallest absolute Gasteiger partial charge is 0.322 e. The van der Waals surface area contributed by atoms with E-state index in [1.807, 2.05) is 0 Å². The van der Waals surface area contributed by atoms with Crippen LogP contribution < -0.4 is 5.73 Å². The summed E-state index contributed by atoms with van der Waals surface area (Å²) in [5.74, 6) is 0.363. The molecule has 0 amide bonds. The highest BCUT2D eigenvalue weighted by molar-refractivity contribution is 5.75. The van der Waals surface area contributed by atoms with Gasteiger partial charge in [-0.15, -0.1) is 0 Å². The molecule has 0 spiro atoms. The first kappa shape index (κ1) is 13.5. The largest absolute Gasteiger partial charge is 0.461 e. The Morgan fingerprint density at radius 3 is 2.56 bits per heavy atom. The summed E-state index contributed by atoms with van der Waals surface area (Å²) in [5.41, 5.74) is 5.81. The summed E-state index contributed by atoms with van der Waals surface area (Å²) >= 11 is 0. The van der Waals surface area contributed by atoms with Crippen molar-refractivity contribution in [2.24, 2.45) is 17.1 Å². The maximum atomic E-state index is 11.4. The number of esters is 1. The third-order valence-corrected chi connectivity index (χ3v) is 4.02. The van der Waals surface area contributed by atoms with E-state index in [4.69, 9.17) is 10.5 Å². The fraction of sp³-hybridized carbons (Fsp3) is 0.923. The molecule has 2 unspecified atom stereocenters. The highest BCUT2D eigenvalue weighted by atomic mass is 16.5. The molecule has 1 saturated carbocycles. The molecule has 1 rings (SSSR count). The second-order valence-electron chi connectivity index (χ2n) is 5.75. The van der Waals surface area contributed by atoms with Crippen molar-refractivity contribution in [3.8, 4) is 0 Å². The molecule has 94 valence electrons. The fourth-order valence-electron chi connectivity index (χ4n) is 2.35. The molecule has 0 saturated heterocycles. The normalized spacial score (nSPS) is 32.5. The van der Waals surface area contributed by atoms with Gasteiger partial charge in [-0.05, 0) is 43.9 Å². The lowest BCUT2D eigenvalue weighted by Gasteiger charge is -2.41. The molecular formula is C13H25NO2. The molecule has 0 aromatic carbocycles. The molecule has 1 fully saturated rings. The minimum absolute atomic E-state index is 0.0691. The molecule has 0 radical (unpaired) electrons. The van der Waals surface area contributed by atoms with Crippen molar-refractivity contribution >= 4 is 5.97 Å². The van der Waals surface area contributed by atoms with Gasteiger partial charge in [0.2, 0.25) is 0 Å². The van der Waals surface area contributed by atoms with Crippen LogP contribution in [0.15, 0.2) is 0 Å². The van der Waals surface area contributed by atoms with E-state index in [9.17, 15) is 4.79 Å². The first-order valence-electron chi connectivity index (χ1n) is 6.31. The van der Waals surface area contributed by atoms with Crippen molar-refractivity contribution in [1.82, 2.24) is 0 Å². The van der Waals surface area contributed by atoms with E-state index < -0.39 is 6.04 Å². The minimum atomic E-state index is -0.507. The van der Waals surface area contributed by atoms with Crippen LogP contribution in [0.5, 0.6) is 0 Å². The van der Waals surface area contributed by atoms with Gasteiger partial charge in [-0.1, -0.05) is 20.8 Å². The van der Waals surface area contributed by atoms with Crippen LogP contribution in [0, 0.1) is 11.3 Å². The van der Waals surface area contributed by atoms with Crippen LogP contribution in [-0.2, 0) is 9.53 Å². The van der Waals surface area contributed by atoms with E-state index in [1.165, 1.54) is 6.42 Å². The molecule has 0 heterocycles. The Bertz CT molecular complexity index is 250. The van der Waals surface area contributed by atoms with Crippen LogP contribution in [0.4, 0.5) is 0 Å². The predicted octanol–water partition coefficient (Wildman–Crippen LogP) is 2.48. The molecule has 2 N–H and O–H groups in total. The lowest BCUT2D eigenvalue weighted by Crippen LogP contribution is -2.38. The summed E-state index contributed by atoms with van der Waals surface area (Å²) in [7, 11) is 0. The van der Waals surface area contributed by atoms with Gasteiger partial charge >= 0.3 is 5.97 Å². The molecule has 1 aliphatic rings. The third kappa shape index (κ3) is 3.21. The third-order valence-electron chi connectivity index (χ3n) is 4.02. The first-order chi connectivity index (χ1) is 7.35. The van der Waals surface area contributed by atoms with Crippen molar-refractivity contribution < 1.29 is 9.53 Å². The molecule has 3 atom stereocenters. The second-order valence-corrected chi connectivity index (χ2v) is 5.75. The van der Waals surface area contributed by atoms with Gasteiger partial charge in [0, 0.05) is 0 Å². The zero-order chi connectivity index (χ0) is 12.3. The molecule has 0 aromatic rings. The summed E-state index contributed by atoms with van der Waals surface area (Å²) in [6.45, 7) is 8.46. The minimum Gasteiger partial charge on any atom is -0.461 e. The van der Waals surface area contributed by atoms with E-state index in [0.29, 0.717) is 11.3 Å². The molecule has 0 bridgehead atoms. The van der Waals surface area contributed by atoms with Crippen LogP contribution in [0.3, 0.4) is 0 Å². The van der Waals surface area contributed by atoms with Gasteiger partial charge in [0.15, 0.2) is 0 Å².